The van der Waals surface area contributed by atoms with Gasteiger partial charge >= 0.3 is 0 Å². The fourth-order valence-electron chi connectivity index (χ4n) is 0.807. The summed E-state index contributed by atoms with van der Waals surface area (Å²) in [6.07, 6.45) is 0. The van der Waals surface area contributed by atoms with E-state index in [9.17, 15) is 4.79 Å². The third-order valence-electron chi connectivity index (χ3n) is 1.42. The van der Waals surface area contributed by atoms with Crippen molar-refractivity contribution >= 4 is 17.4 Å². The SMILES string of the molecule is CNc1ccc(N)c(C(N)=O)n1. The summed E-state index contributed by atoms with van der Waals surface area (Å²) in [5, 5.41) is 2.78. The molecule has 1 aromatic rings. The van der Waals surface area contributed by atoms with Gasteiger partial charge in [-0.2, -0.15) is 0 Å². The highest BCUT2D eigenvalue weighted by Gasteiger charge is 2.07. The second-order valence-corrected chi connectivity index (χ2v) is 2.25. The number of nitrogens with zero attached hydrogens (tertiary/aromatic N) is 1. The Kier molecular flexibility index (Phi) is 2.14. The molecule has 5 heteroatoms. The lowest BCUT2D eigenvalue weighted by Gasteiger charge is -2.03. The van der Waals surface area contributed by atoms with Crippen molar-refractivity contribution in [2.75, 3.05) is 18.1 Å². The van der Waals surface area contributed by atoms with Crippen LogP contribution in [0.25, 0.3) is 0 Å². The Balaban J connectivity index is 3.17. The Morgan fingerprint density at radius 1 is 1.58 bits per heavy atom. The number of anilines is 2. The van der Waals surface area contributed by atoms with E-state index in [0.29, 0.717) is 11.5 Å². The second-order valence-electron chi connectivity index (χ2n) is 2.25. The van der Waals surface area contributed by atoms with Crippen LogP contribution in [0.1, 0.15) is 10.5 Å². The van der Waals surface area contributed by atoms with Gasteiger partial charge in [-0.05, 0) is 12.1 Å². The summed E-state index contributed by atoms with van der Waals surface area (Å²) < 4.78 is 0. The van der Waals surface area contributed by atoms with Crippen molar-refractivity contribution in [1.82, 2.24) is 4.98 Å². The molecule has 0 saturated heterocycles. The maximum Gasteiger partial charge on any atom is 0.269 e. The summed E-state index contributed by atoms with van der Waals surface area (Å²) in [6, 6.07) is 3.25. The summed E-state index contributed by atoms with van der Waals surface area (Å²) in [5.41, 5.74) is 10.9. The molecular weight excluding hydrogens is 156 g/mol. The number of pyridine rings is 1. The predicted molar refractivity (Wildman–Crippen MR) is 46.7 cm³/mol. The number of nitrogens with two attached hydrogens (primary N) is 2. The normalized spacial score (nSPS) is 9.42. The van der Waals surface area contributed by atoms with E-state index < -0.39 is 5.91 Å². The minimum Gasteiger partial charge on any atom is -0.397 e. The van der Waals surface area contributed by atoms with Crippen molar-refractivity contribution in [2.24, 2.45) is 5.73 Å². The molecule has 0 spiro atoms. The third kappa shape index (κ3) is 1.45. The van der Waals surface area contributed by atoms with Gasteiger partial charge in [-0.25, -0.2) is 4.98 Å². The molecule has 0 fully saturated rings. The van der Waals surface area contributed by atoms with Gasteiger partial charge in [0.05, 0.1) is 5.69 Å². The number of primary amides is 1. The van der Waals surface area contributed by atoms with Crippen LogP contribution < -0.4 is 16.8 Å². The van der Waals surface area contributed by atoms with Crippen LogP contribution >= 0.6 is 0 Å². The quantitative estimate of drug-likeness (QED) is 0.567. The lowest BCUT2D eigenvalue weighted by atomic mass is 10.3. The summed E-state index contributed by atoms with van der Waals surface area (Å²) in [6.45, 7) is 0. The minimum atomic E-state index is -0.621. The average molecular weight is 166 g/mol. The van der Waals surface area contributed by atoms with Crippen molar-refractivity contribution < 1.29 is 4.79 Å². The molecule has 0 aliphatic heterocycles. The van der Waals surface area contributed by atoms with Crippen LogP contribution in [0.2, 0.25) is 0 Å². The minimum absolute atomic E-state index is 0.0989. The largest absolute Gasteiger partial charge is 0.397 e. The molecule has 5 nitrogen and oxygen atoms in total. The van der Waals surface area contributed by atoms with Crippen molar-refractivity contribution in [1.29, 1.82) is 0 Å². The van der Waals surface area contributed by atoms with E-state index in [-0.39, 0.29) is 5.69 Å². The summed E-state index contributed by atoms with van der Waals surface area (Å²) in [4.78, 5) is 14.6. The van der Waals surface area contributed by atoms with Gasteiger partial charge in [0, 0.05) is 7.05 Å². The standard InChI is InChI=1S/C7H10N4O/c1-10-5-3-2-4(8)6(11-5)7(9)12/h2-3H,8H2,1H3,(H2,9,12)(H,10,11). The van der Waals surface area contributed by atoms with Gasteiger partial charge in [-0.15, -0.1) is 0 Å². The van der Waals surface area contributed by atoms with E-state index in [0.717, 1.165) is 0 Å². The molecule has 1 rings (SSSR count). The first-order chi connectivity index (χ1) is 5.65. The van der Waals surface area contributed by atoms with E-state index >= 15 is 0 Å². The molecule has 0 aliphatic rings. The second kappa shape index (κ2) is 3.08. The van der Waals surface area contributed by atoms with Gasteiger partial charge in [0.15, 0.2) is 5.69 Å². The third-order valence-corrected chi connectivity index (χ3v) is 1.42. The number of rotatable bonds is 2. The van der Waals surface area contributed by atoms with E-state index in [4.69, 9.17) is 11.5 Å². The van der Waals surface area contributed by atoms with E-state index in [2.05, 4.69) is 10.3 Å². The smallest absolute Gasteiger partial charge is 0.269 e. The topological polar surface area (TPSA) is 94.0 Å². The molecule has 0 radical (unpaired) electrons. The fraction of sp³-hybridized carbons (Fsp3) is 0.143. The number of hydrogen-bond donors (Lipinski definition) is 3. The number of amides is 1. The van der Waals surface area contributed by atoms with Crippen LogP contribution in [0, 0.1) is 0 Å². The zero-order valence-corrected chi connectivity index (χ0v) is 6.66. The Morgan fingerprint density at radius 2 is 2.25 bits per heavy atom. The lowest BCUT2D eigenvalue weighted by Crippen LogP contribution is -2.16. The van der Waals surface area contributed by atoms with E-state index in [1.165, 1.54) is 0 Å². The molecule has 1 heterocycles. The Morgan fingerprint density at radius 3 is 2.75 bits per heavy atom. The van der Waals surface area contributed by atoms with Crippen LogP contribution in [0.5, 0.6) is 0 Å². The number of aromatic nitrogens is 1. The number of carbonyl (C=O) groups is 1. The number of nitrogen functional groups attached to an aromatic ring is 1. The molecular formula is C7H10N4O. The van der Waals surface area contributed by atoms with Crippen LogP contribution in [0.3, 0.4) is 0 Å². The predicted octanol–water partition coefficient (Wildman–Crippen LogP) is -0.196. The summed E-state index contributed by atoms with van der Waals surface area (Å²) in [7, 11) is 1.70. The highest BCUT2D eigenvalue weighted by atomic mass is 16.1. The molecule has 12 heavy (non-hydrogen) atoms. The van der Waals surface area contributed by atoms with Gasteiger partial charge < -0.3 is 16.8 Å². The molecule has 64 valence electrons. The highest BCUT2D eigenvalue weighted by Crippen LogP contribution is 2.11. The van der Waals surface area contributed by atoms with Gasteiger partial charge in [0.25, 0.3) is 5.91 Å². The van der Waals surface area contributed by atoms with E-state index in [1.807, 2.05) is 0 Å². The monoisotopic (exact) mass is 166 g/mol. The number of hydrogen-bond acceptors (Lipinski definition) is 4. The van der Waals surface area contributed by atoms with E-state index in [1.54, 1.807) is 19.2 Å². The molecule has 0 saturated carbocycles. The Bertz CT molecular complexity index is 310. The molecule has 1 aromatic heterocycles. The van der Waals surface area contributed by atoms with Crippen molar-refractivity contribution in [3.05, 3.63) is 17.8 Å². The highest BCUT2D eigenvalue weighted by molar-refractivity contribution is 5.96. The van der Waals surface area contributed by atoms with Crippen LogP contribution in [0.15, 0.2) is 12.1 Å². The lowest BCUT2D eigenvalue weighted by molar-refractivity contribution is 0.0996. The summed E-state index contributed by atoms with van der Waals surface area (Å²) >= 11 is 0. The Labute approximate surface area is 69.8 Å². The molecule has 0 aliphatic carbocycles. The zero-order chi connectivity index (χ0) is 9.14. The fourth-order valence-corrected chi connectivity index (χ4v) is 0.807. The summed E-state index contributed by atoms with van der Waals surface area (Å²) in [5.74, 6) is -0.0531. The first-order valence-electron chi connectivity index (χ1n) is 3.39. The van der Waals surface area contributed by atoms with Gasteiger partial charge in [-0.1, -0.05) is 0 Å². The van der Waals surface area contributed by atoms with Crippen molar-refractivity contribution in [3.8, 4) is 0 Å². The van der Waals surface area contributed by atoms with Crippen molar-refractivity contribution in [3.63, 3.8) is 0 Å². The maximum absolute atomic E-state index is 10.7. The van der Waals surface area contributed by atoms with Crippen LogP contribution in [-0.2, 0) is 0 Å². The van der Waals surface area contributed by atoms with Crippen LogP contribution in [0.4, 0.5) is 11.5 Å². The molecule has 0 bridgehead atoms. The molecule has 1 amide bonds. The first-order valence-corrected chi connectivity index (χ1v) is 3.39. The maximum atomic E-state index is 10.7. The number of nitrogens with one attached hydrogen (secondary N) is 1. The molecule has 0 unspecified atom stereocenters. The number of carbonyl (C=O) groups excluding carboxylic acids is 1. The molecule has 5 N–H and O–H groups in total. The van der Waals surface area contributed by atoms with Gasteiger partial charge in [0.1, 0.15) is 5.82 Å². The molecule has 0 aromatic carbocycles. The average Bonchev–Trinajstić information content (AvgIpc) is 2.05. The van der Waals surface area contributed by atoms with Gasteiger partial charge in [0.2, 0.25) is 0 Å². The van der Waals surface area contributed by atoms with Crippen molar-refractivity contribution in [2.45, 2.75) is 0 Å². The molecule has 0 atom stereocenters. The van der Waals surface area contributed by atoms with Gasteiger partial charge in [-0.3, -0.25) is 4.79 Å². The zero-order valence-electron chi connectivity index (χ0n) is 6.66. The Hall–Kier alpha value is -1.78. The first kappa shape index (κ1) is 8.32. The van der Waals surface area contributed by atoms with Crippen LogP contribution in [-0.4, -0.2) is 17.9 Å².